The summed E-state index contributed by atoms with van der Waals surface area (Å²) in [7, 11) is 0. The molecule has 1 heterocycles. The molecule has 2 aromatic rings. The summed E-state index contributed by atoms with van der Waals surface area (Å²) in [6.45, 7) is 2.20. The maximum absolute atomic E-state index is 13.1. The standard InChI is InChI=1S/C19H24FN3O2/c1-2-17-16(11-22-23(17)15-9-7-14(20)8-10-15)19(25)21-12-18(24)13-5-3-4-6-13/h7-11,13,18,24H,2-6,12H2,1H3,(H,21,25). The molecule has 2 N–H and O–H groups in total. The number of hydrogen-bond acceptors (Lipinski definition) is 3. The van der Waals surface area contributed by atoms with Gasteiger partial charge in [0.15, 0.2) is 0 Å². The Morgan fingerprint density at radius 2 is 2.04 bits per heavy atom. The molecule has 1 aliphatic carbocycles. The number of benzene rings is 1. The molecule has 25 heavy (non-hydrogen) atoms. The maximum Gasteiger partial charge on any atom is 0.254 e. The molecule has 1 atom stereocenters. The summed E-state index contributed by atoms with van der Waals surface area (Å²) in [5.41, 5.74) is 1.97. The molecule has 3 rings (SSSR count). The van der Waals surface area contributed by atoms with Crippen molar-refractivity contribution in [2.75, 3.05) is 6.54 Å². The predicted octanol–water partition coefficient (Wildman–Crippen LogP) is 2.85. The molecule has 1 amide bonds. The third kappa shape index (κ3) is 3.90. The van der Waals surface area contributed by atoms with Crippen LogP contribution in [0.5, 0.6) is 0 Å². The first-order chi connectivity index (χ1) is 12.1. The van der Waals surface area contributed by atoms with Crippen LogP contribution < -0.4 is 5.32 Å². The number of carbonyl (C=O) groups is 1. The Kier molecular flexibility index (Phi) is 5.48. The highest BCUT2D eigenvalue weighted by Gasteiger charge is 2.24. The van der Waals surface area contributed by atoms with Gasteiger partial charge >= 0.3 is 0 Å². The van der Waals surface area contributed by atoms with Crippen molar-refractivity contribution >= 4 is 5.91 Å². The second-order valence-corrected chi connectivity index (χ2v) is 6.57. The van der Waals surface area contributed by atoms with Crippen LogP contribution in [0.15, 0.2) is 30.5 Å². The molecule has 1 unspecified atom stereocenters. The summed E-state index contributed by atoms with van der Waals surface area (Å²) in [5, 5.41) is 17.3. The van der Waals surface area contributed by atoms with Crippen molar-refractivity contribution in [2.45, 2.75) is 45.1 Å². The maximum atomic E-state index is 13.1. The van der Waals surface area contributed by atoms with Gasteiger partial charge in [-0.15, -0.1) is 0 Å². The van der Waals surface area contributed by atoms with Crippen LogP contribution >= 0.6 is 0 Å². The Morgan fingerprint density at radius 3 is 2.68 bits per heavy atom. The highest BCUT2D eigenvalue weighted by Crippen LogP contribution is 2.27. The first-order valence-electron chi connectivity index (χ1n) is 8.89. The van der Waals surface area contributed by atoms with E-state index in [-0.39, 0.29) is 24.2 Å². The van der Waals surface area contributed by atoms with Crippen molar-refractivity contribution in [3.63, 3.8) is 0 Å². The summed E-state index contributed by atoms with van der Waals surface area (Å²) in [4.78, 5) is 12.5. The van der Waals surface area contributed by atoms with E-state index in [1.807, 2.05) is 6.92 Å². The van der Waals surface area contributed by atoms with Crippen molar-refractivity contribution in [3.05, 3.63) is 47.5 Å². The van der Waals surface area contributed by atoms with Crippen LogP contribution in [0.3, 0.4) is 0 Å². The number of halogens is 1. The van der Waals surface area contributed by atoms with Crippen LogP contribution in [0, 0.1) is 11.7 Å². The zero-order valence-electron chi connectivity index (χ0n) is 14.4. The van der Waals surface area contributed by atoms with Gasteiger partial charge in [0.25, 0.3) is 5.91 Å². The molecule has 1 aromatic carbocycles. The Hall–Kier alpha value is -2.21. The Balaban J connectivity index is 1.71. The van der Waals surface area contributed by atoms with Crippen molar-refractivity contribution in [2.24, 2.45) is 5.92 Å². The summed E-state index contributed by atoms with van der Waals surface area (Å²) in [6, 6.07) is 6.00. The second-order valence-electron chi connectivity index (χ2n) is 6.57. The fraction of sp³-hybridized carbons (Fsp3) is 0.474. The van der Waals surface area contributed by atoms with Gasteiger partial charge in [0, 0.05) is 6.54 Å². The van der Waals surface area contributed by atoms with E-state index in [1.165, 1.54) is 18.3 Å². The van der Waals surface area contributed by atoms with E-state index in [2.05, 4.69) is 10.4 Å². The molecule has 0 spiro atoms. The summed E-state index contributed by atoms with van der Waals surface area (Å²) in [6.07, 6.45) is 6.01. The summed E-state index contributed by atoms with van der Waals surface area (Å²) >= 11 is 0. The van der Waals surface area contributed by atoms with E-state index in [0.29, 0.717) is 17.7 Å². The number of carbonyl (C=O) groups excluding carboxylic acids is 1. The van der Waals surface area contributed by atoms with E-state index >= 15 is 0 Å². The Labute approximate surface area is 146 Å². The van der Waals surface area contributed by atoms with Crippen molar-refractivity contribution in [3.8, 4) is 5.69 Å². The van der Waals surface area contributed by atoms with E-state index < -0.39 is 6.10 Å². The average Bonchev–Trinajstić information content (AvgIpc) is 3.29. The number of rotatable bonds is 6. The number of hydrogen-bond donors (Lipinski definition) is 2. The van der Waals surface area contributed by atoms with Gasteiger partial charge < -0.3 is 10.4 Å². The lowest BCUT2D eigenvalue weighted by Gasteiger charge is -2.18. The molecule has 0 aliphatic heterocycles. The number of nitrogens with one attached hydrogen (secondary N) is 1. The molecule has 1 aliphatic rings. The molecule has 1 saturated carbocycles. The average molecular weight is 345 g/mol. The lowest BCUT2D eigenvalue weighted by atomic mass is 10.0. The largest absolute Gasteiger partial charge is 0.391 e. The minimum absolute atomic E-state index is 0.234. The van der Waals surface area contributed by atoms with Gasteiger partial charge in [0.2, 0.25) is 0 Å². The topological polar surface area (TPSA) is 67.2 Å². The van der Waals surface area contributed by atoms with Crippen LogP contribution in [0.2, 0.25) is 0 Å². The highest BCUT2D eigenvalue weighted by atomic mass is 19.1. The van der Waals surface area contributed by atoms with E-state index in [9.17, 15) is 14.3 Å². The van der Waals surface area contributed by atoms with Gasteiger partial charge in [-0.05, 0) is 49.4 Å². The van der Waals surface area contributed by atoms with Crippen LogP contribution in [0.4, 0.5) is 4.39 Å². The molecular formula is C19H24FN3O2. The Bertz CT molecular complexity index is 721. The van der Waals surface area contributed by atoms with Crippen LogP contribution in [-0.2, 0) is 6.42 Å². The molecule has 1 aromatic heterocycles. The number of amides is 1. The predicted molar refractivity (Wildman–Crippen MR) is 93.2 cm³/mol. The van der Waals surface area contributed by atoms with Gasteiger partial charge in [0.1, 0.15) is 5.82 Å². The molecular weight excluding hydrogens is 321 g/mol. The molecule has 0 saturated heterocycles. The third-order valence-electron chi connectivity index (χ3n) is 4.94. The zero-order chi connectivity index (χ0) is 17.8. The van der Waals surface area contributed by atoms with Gasteiger partial charge in [-0.1, -0.05) is 19.8 Å². The molecule has 0 radical (unpaired) electrons. The minimum Gasteiger partial charge on any atom is -0.391 e. The van der Waals surface area contributed by atoms with Gasteiger partial charge in [-0.25, -0.2) is 9.07 Å². The van der Waals surface area contributed by atoms with Crippen molar-refractivity contribution < 1.29 is 14.3 Å². The van der Waals surface area contributed by atoms with E-state index in [4.69, 9.17) is 0 Å². The SMILES string of the molecule is CCc1c(C(=O)NCC(O)C2CCCC2)cnn1-c1ccc(F)cc1. The fourth-order valence-electron chi connectivity index (χ4n) is 3.51. The van der Waals surface area contributed by atoms with E-state index in [0.717, 1.165) is 31.4 Å². The van der Waals surface area contributed by atoms with E-state index in [1.54, 1.807) is 16.8 Å². The van der Waals surface area contributed by atoms with Crippen LogP contribution in [-0.4, -0.2) is 33.4 Å². The van der Waals surface area contributed by atoms with Gasteiger partial charge in [0.05, 0.1) is 29.2 Å². The molecule has 134 valence electrons. The molecule has 1 fully saturated rings. The first-order valence-corrected chi connectivity index (χ1v) is 8.89. The monoisotopic (exact) mass is 345 g/mol. The first kappa shape index (κ1) is 17.6. The van der Waals surface area contributed by atoms with Crippen LogP contribution in [0.1, 0.15) is 48.7 Å². The number of aromatic nitrogens is 2. The summed E-state index contributed by atoms with van der Waals surface area (Å²) < 4.78 is 14.8. The Morgan fingerprint density at radius 1 is 1.36 bits per heavy atom. The third-order valence-corrected chi connectivity index (χ3v) is 4.94. The van der Waals surface area contributed by atoms with Crippen molar-refractivity contribution in [1.29, 1.82) is 0 Å². The number of nitrogens with zero attached hydrogens (tertiary/aromatic N) is 2. The van der Waals surface area contributed by atoms with Crippen molar-refractivity contribution in [1.82, 2.24) is 15.1 Å². The second kappa shape index (κ2) is 7.78. The molecule has 6 heteroatoms. The lowest BCUT2D eigenvalue weighted by Crippen LogP contribution is -2.35. The number of aliphatic hydroxyl groups is 1. The molecule has 0 bridgehead atoms. The fourth-order valence-corrected chi connectivity index (χ4v) is 3.51. The minimum atomic E-state index is -0.497. The van der Waals surface area contributed by atoms with Gasteiger partial charge in [-0.3, -0.25) is 4.79 Å². The smallest absolute Gasteiger partial charge is 0.254 e. The van der Waals surface area contributed by atoms with Crippen LogP contribution in [0.25, 0.3) is 5.69 Å². The lowest BCUT2D eigenvalue weighted by molar-refractivity contribution is 0.0840. The quantitative estimate of drug-likeness (QED) is 0.846. The number of aliphatic hydroxyl groups excluding tert-OH is 1. The normalized spacial score (nSPS) is 16.1. The summed E-state index contributed by atoms with van der Waals surface area (Å²) in [5.74, 6) is -0.261. The zero-order valence-corrected chi connectivity index (χ0v) is 14.4. The highest BCUT2D eigenvalue weighted by molar-refractivity contribution is 5.95. The van der Waals surface area contributed by atoms with Gasteiger partial charge in [-0.2, -0.15) is 5.10 Å². The molecule has 5 nitrogen and oxygen atoms in total.